The van der Waals surface area contributed by atoms with Crippen molar-refractivity contribution in [2.24, 2.45) is 11.8 Å². The summed E-state index contributed by atoms with van der Waals surface area (Å²) < 4.78 is 0. The van der Waals surface area contributed by atoms with Crippen molar-refractivity contribution in [1.29, 1.82) is 0 Å². The Hall–Kier alpha value is -0.970. The van der Waals surface area contributed by atoms with E-state index >= 15 is 0 Å². The first-order valence-corrected chi connectivity index (χ1v) is 8.02. The number of aliphatic carboxylic acids is 1. The van der Waals surface area contributed by atoms with E-state index in [1.165, 1.54) is 24.2 Å². The van der Waals surface area contributed by atoms with Gasteiger partial charge in [-0.05, 0) is 30.4 Å². The van der Waals surface area contributed by atoms with Gasteiger partial charge in [-0.3, -0.25) is 4.79 Å². The van der Waals surface area contributed by atoms with Gasteiger partial charge in [-0.15, -0.1) is 0 Å². The lowest BCUT2D eigenvalue weighted by Gasteiger charge is -2.27. The molecule has 1 aliphatic heterocycles. The summed E-state index contributed by atoms with van der Waals surface area (Å²) >= 11 is 4.14. The minimum atomic E-state index is -0.935. The SMILES string of the molecule is CC(CS)C(=O)N1CC(C2CCCCC2)=CC1C(=O)O. The molecule has 2 atom stereocenters. The standard InChI is InChI=1S/C15H23NO3S/c1-10(9-20)14(17)16-8-12(7-13(16)15(18)19)11-5-3-2-4-6-11/h7,10-11,13,20H,2-6,8-9H2,1H3,(H,18,19). The molecule has 112 valence electrons. The van der Waals surface area contributed by atoms with Gasteiger partial charge in [-0.25, -0.2) is 4.79 Å². The van der Waals surface area contributed by atoms with Gasteiger partial charge in [0.25, 0.3) is 0 Å². The molecule has 0 bridgehead atoms. The van der Waals surface area contributed by atoms with Crippen LogP contribution in [0.4, 0.5) is 0 Å². The van der Waals surface area contributed by atoms with Crippen molar-refractivity contribution in [1.82, 2.24) is 4.90 Å². The number of nitrogens with zero attached hydrogens (tertiary/aromatic N) is 1. The number of carboxylic acids is 1. The first kappa shape index (κ1) is 15.4. The first-order valence-electron chi connectivity index (χ1n) is 7.39. The minimum Gasteiger partial charge on any atom is -0.479 e. The predicted molar refractivity (Wildman–Crippen MR) is 80.8 cm³/mol. The average Bonchev–Trinajstić information content (AvgIpc) is 2.92. The highest BCUT2D eigenvalue weighted by Crippen LogP contribution is 2.34. The van der Waals surface area contributed by atoms with Gasteiger partial charge in [0.1, 0.15) is 6.04 Å². The molecule has 1 saturated carbocycles. The Balaban J connectivity index is 2.12. The van der Waals surface area contributed by atoms with Gasteiger partial charge in [0, 0.05) is 18.2 Å². The highest BCUT2D eigenvalue weighted by Gasteiger charge is 2.37. The summed E-state index contributed by atoms with van der Waals surface area (Å²) in [4.78, 5) is 25.2. The molecule has 2 rings (SSSR count). The largest absolute Gasteiger partial charge is 0.479 e. The van der Waals surface area contributed by atoms with Crippen molar-refractivity contribution in [3.8, 4) is 0 Å². The molecule has 5 heteroatoms. The van der Waals surface area contributed by atoms with E-state index in [1.807, 2.05) is 6.08 Å². The van der Waals surface area contributed by atoms with Gasteiger partial charge < -0.3 is 10.0 Å². The lowest BCUT2D eigenvalue weighted by Crippen LogP contribution is -2.44. The topological polar surface area (TPSA) is 57.6 Å². The molecule has 0 spiro atoms. The molecule has 1 N–H and O–H groups in total. The Bertz CT molecular complexity index is 415. The second-order valence-corrected chi connectivity index (χ2v) is 6.27. The van der Waals surface area contributed by atoms with Crippen molar-refractivity contribution in [3.63, 3.8) is 0 Å². The summed E-state index contributed by atoms with van der Waals surface area (Å²) in [6, 6.07) is -0.790. The fraction of sp³-hybridized carbons (Fsp3) is 0.733. The summed E-state index contributed by atoms with van der Waals surface area (Å²) in [7, 11) is 0. The smallest absolute Gasteiger partial charge is 0.330 e. The molecule has 1 amide bonds. The molecule has 0 aromatic carbocycles. The molecule has 1 aliphatic carbocycles. The van der Waals surface area contributed by atoms with E-state index in [1.54, 1.807) is 6.92 Å². The van der Waals surface area contributed by atoms with Gasteiger partial charge >= 0.3 is 5.97 Å². The van der Waals surface area contributed by atoms with Crippen LogP contribution in [0.5, 0.6) is 0 Å². The van der Waals surface area contributed by atoms with Crippen molar-refractivity contribution in [2.75, 3.05) is 12.3 Å². The summed E-state index contributed by atoms with van der Waals surface area (Å²) in [6.07, 6.45) is 7.75. The van der Waals surface area contributed by atoms with E-state index in [0.717, 1.165) is 18.4 Å². The summed E-state index contributed by atoms with van der Waals surface area (Å²) in [5.74, 6) is -0.362. The molecule has 2 unspecified atom stereocenters. The molecule has 4 nitrogen and oxygen atoms in total. The molecule has 1 heterocycles. The maximum absolute atomic E-state index is 12.3. The molecule has 20 heavy (non-hydrogen) atoms. The number of hydrogen-bond acceptors (Lipinski definition) is 3. The number of thiol groups is 1. The zero-order chi connectivity index (χ0) is 14.7. The van der Waals surface area contributed by atoms with Crippen LogP contribution in [0, 0.1) is 11.8 Å². The molecule has 1 fully saturated rings. The van der Waals surface area contributed by atoms with Crippen LogP contribution < -0.4 is 0 Å². The van der Waals surface area contributed by atoms with E-state index in [4.69, 9.17) is 0 Å². The maximum atomic E-state index is 12.3. The monoisotopic (exact) mass is 297 g/mol. The van der Waals surface area contributed by atoms with Crippen LogP contribution in [0.2, 0.25) is 0 Å². The fourth-order valence-electron chi connectivity index (χ4n) is 3.16. The van der Waals surface area contributed by atoms with Gasteiger partial charge in [0.2, 0.25) is 5.91 Å². The van der Waals surface area contributed by atoms with Gasteiger partial charge in [0.05, 0.1) is 0 Å². The Kier molecular flexibility index (Phi) is 5.13. The highest BCUT2D eigenvalue weighted by molar-refractivity contribution is 7.80. The Morgan fingerprint density at radius 2 is 2.05 bits per heavy atom. The van der Waals surface area contributed by atoms with E-state index in [9.17, 15) is 14.7 Å². The lowest BCUT2D eigenvalue weighted by atomic mass is 9.84. The third kappa shape index (κ3) is 3.19. The third-order valence-corrected chi connectivity index (χ3v) is 4.97. The number of rotatable bonds is 4. The first-order chi connectivity index (χ1) is 9.54. The van der Waals surface area contributed by atoms with Crippen molar-refractivity contribution >= 4 is 24.5 Å². The fourth-order valence-corrected chi connectivity index (χ4v) is 3.32. The Morgan fingerprint density at radius 1 is 1.40 bits per heavy atom. The quantitative estimate of drug-likeness (QED) is 0.618. The van der Waals surface area contributed by atoms with Crippen molar-refractivity contribution in [3.05, 3.63) is 11.6 Å². The molecule has 0 aromatic rings. The van der Waals surface area contributed by atoms with Crippen LogP contribution in [-0.2, 0) is 9.59 Å². The number of amides is 1. The second-order valence-electron chi connectivity index (χ2n) is 5.91. The normalized spacial score (nSPS) is 25.4. The highest BCUT2D eigenvalue weighted by atomic mass is 32.1. The van der Waals surface area contributed by atoms with E-state index in [2.05, 4.69) is 12.6 Å². The molecule has 0 aromatic heterocycles. The predicted octanol–water partition coefficient (Wildman–Crippen LogP) is 2.35. The van der Waals surface area contributed by atoms with E-state index < -0.39 is 12.0 Å². The van der Waals surface area contributed by atoms with Gasteiger partial charge in [-0.2, -0.15) is 12.6 Å². The van der Waals surface area contributed by atoms with Crippen LogP contribution >= 0.6 is 12.6 Å². The zero-order valence-corrected chi connectivity index (χ0v) is 12.8. The van der Waals surface area contributed by atoms with Crippen LogP contribution in [-0.4, -0.2) is 40.2 Å². The maximum Gasteiger partial charge on any atom is 0.330 e. The minimum absolute atomic E-state index is 0.102. The summed E-state index contributed by atoms with van der Waals surface area (Å²) in [6.45, 7) is 2.28. The van der Waals surface area contributed by atoms with E-state index in [-0.39, 0.29) is 11.8 Å². The molecular weight excluding hydrogens is 274 g/mol. The summed E-state index contributed by atoms with van der Waals surface area (Å²) in [5, 5.41) is 9.35. The van der Waals surface area contributed by atoms with Crippen molar-refractivity contribution < 1.29 is 14.7 Å². The van der Waals surface area contributed by atoms with Crippen LogP contribution in [0.15, 0.2) is 11.6 Å². The lowest BCUT2D eigenvalue weighted by molar-refractivity contribution is -0.148. The Morgan fingerprint density at radius 3 is 2.60 bits per heavy atom. The zero-order valence-electron chi connectivity index (χ0n) is 11.9. The number of carboxylic acid groups (broad SMARTS) is 1. The van der Waals surface area contributed by atoms with Crippen molar-refractivity contribution in [2.45, 2.75) is 45.1 Å². The number of hydrogen-bond donors (Lipinski definition) is 2. The van der Waals surface area contributed by atoms with Crippen LogP contribution in [0.1, 0.15) is 39.0 Å². The van der Waals surface area contributed by atoms with Gasteiger partial charge in [-0.1, -0.05) is 26.2 Å². The van der Waals surface area contributed by atoms with Crippen LogP contribution in [0.25, 0.3) is 0 Å². The number of carbonyl (C=O) groups excluding carboxylic acids is 1. The Labute approximate surface area is 125 Å². The van der Waals surface area contributed by atoms with Gasteiger partial charge in [0.15, 0.2) is 0 Å². The molecule has 2 aliphatic rings. The second kappa shape index (κ2) is 6.66. The molecule has 0 radical (unpaired) electrons. The average molecular weight is 297 g/mol. The molecule has 0 saturated heterocycles. The summed E-state index contributed by atoms with van der Waals surface area (Å²) in [5.41, 5.74) is 1.15. The van der Waals surface area contributed by atoms with Crippen LogP contribution in [0.3, 0.4) is 0 Å². The molecular formula is C15H23NO3S. The third-order valence-electron chi connectivity index (χ3n) is 4.42. The number of carbonyl (C=O) groups is 2. The van der Waals surface area contributed by atoms with E-state index in [0.29, 0.717) is 18.2 Å².